The van der Waals surface area contributed by atoms with Gasteiger partial charge in [-0.05, 0) is 72.2 Å². The summed E-state index contributed by atoms with van der Waals surface area (Å²) in [6.45, 7) is 9.17. The maximum Gasteiger partial charge on any atom is 0.175 e. The molecule has 0 atom stereocenters. The Labute approximate surface area is 196 Å². The van der Waals surface area contributed by atoms with Gasteiger partial charge in [-0.3, -0.25) is 4.90 Å². The van der Waals surface area contributed by atoms with Crippen LogP contribution in [0.15, 0.2) is 34.8 Å². The number of nitrogens with one attached hydrogen (secondary N) is 1. The molecule has 2 aromatic carbocycles. The molecule has 8 heteroatoms. The SMILES string of the molecule is CCOc1cc(CNCCCN2CCOCC2)cc(Br)c1OCc1ccc(F)cc1Cl. The zero-order valence-corrected chi connectivity index (χ0v) is 20.1. The highest BCUT2D eigenvalue weighted by atomic mass is 79.9. The van der Waals surface area contributed by atoms with Gasteiger partial charge in [-0.2, -0.15) is 0 Å². The molecule has 0 aromatic heterocycles. The maximum absolute atomic E-state index is 13.3. The second-order valence-electron chi connectivity index (χ2n) is 7.35. The van der Waals surface area contributed by atoms with E-state index >= 15 is 0 Å². The molecule has 1 fully saturated rings. The fourth-order valence-electron chi connectivity index (χ4n) is 3.40. The molecule has 1 aliphatic heterocycles. The van der Waals surface area contributed by atoms with Crippen molar-refractivity contribution in [3.63, 3.8) is 0 Å². The van der Waals surface area contributed by atoms with Crippen molar-refractivity contribution in [3.8, 4) is 11.5 Å². The molecule has 1 N–H and O–H groups in total. The molecule has 0 bridgehead atoms. The molecule has 1 saturated heterocycles. The minimum Gasteiger partial charge on any atom is -0.490 e. The Bertz CT molecular complexity index is 850. The summed E-state index contributed by atoms with van der Waals surface area (Å²) in [5, 5.41) is 3.84. The Morgan fingerprint density at radius 2 is 2.00 bits per heavy atom. The summed E-state index contributed by atoms with van der Waals surface area (Å²) >= 11 is 9.72. The second-order valence-corrected chi connectivity index (χ2v) is 8.61. The van der Waals surface area contributed by atoms with E-state index in [0.29, 0.717) is 28.7 Å². The van der Waals surface area contributed by atoms with Crippen molar-refractivity contribution >= 4 is 27.5 Å². The van der Waals surface area contributed by atoms with Crippen molar-refractivity contribution in [1.82, 2.24) is 10.2 Å². The van der Waals surface area contributed by atoms with Crippen molar-refractivity contribution in [2.75, 3.05) is 46.0 Å². The Balaban J connectivity index is 1.54. The third kappa shape index (κ3) is 7.61. The maximum atomic E-state index is 13.3. The van der Waals surface area contributed by atoms with Gasteiger partial charge in [0, 0.05) is 25.2 Å². The molecule has 1 heterocycles. The van der Waals surface area contributed by atoms with Crippen LogP contribution in [0.5, 0.6) is 11.5 Å². The fourth-order valence-corrected chi connectivity index (χ4v) is 4.23. The number of hydrogen-bond acceptors (Lipinski definition) is 5. The molecule has 0 saturated carbocycles. The predicted molar refractivity (Wildman–Crippen MR) is 125 cm³/mol. The van der Waals surface area contributed by atoms with E-state index in [-0.39, 0.29) is 12.4 Å². The van der Waals surface area contributed by atoms with E-state index in [4.69, 9.17) is 25.8 Å². The molecule has 5 nitrogen and oxygen atoms in total. The van der Waals surface area contributed by atoms with E-state index < -0.39 is 0 Å². The van der Waals surface area contributed by atoms with Gasteiger partial charge in [0.05, 0.1) is 29.3 Å². The lowest BCUT2D eigenvalue weighted by molar-refractivity contribution is 0.0374. The number of hydrogen-bond donors (Lipinski definition) is 1. The number of benzene rings is 2. The first kappa shape index (κ1) is 24.3. The first-order valence-corrected chi connectivity index (χ1v) is 11.8. The molecular formula is C23H29BrClFN2O3. The quantitative estimate of drug-likeness (QED) is 0.425. The van der Waals surface area contributed by atoms with E-state index in [1.807, 2.05) is 19.1 Å². The lowest BCUT2D eigenvalue weighted by atomic mass is 10.2. The summed E-state index contributed by atoms with van der Waals surface area (Å²) in [5.41, 5.74) is 1.82. The summed E-state index contributed by atoms with van der Waals surface area (Å²) in [4.78, 5) is 2.44. The monoisotopic (exact) mass is 514 g/mol. The number of nitrogens with zero attached hydrogens (tertiary/aromatic N) is 1. The molecule has 0 amide bonds. The van der Waals surface area contributed by atoms with Crippen LogP contribution < -0.4 is 14.8 Å². The fraction of sp³-hybridized carbons (Fsp3) is 0.478. The van der Waals surface area contributed by atoms with Gasteiger partial charge >= 0.3 is 0 Å². The highest BCUT2D eigenvalue weighted by molar-refractivity contribution is 9.10. The van der Waals surface area contributed by atoms with Crippen LogP contribution >= 0.6 is 27.5 Å². The summed E-state index contributed by atoms with van der Waals surface area (Å²) in [6.07, 6.45) is 1.10. The average molecular weight is 516 g/mol. The summed E-state index contributed by atoms with van der Waals surface area (Å²) in [6, 6.07) is 8.30. The molecule has 0 unspecified atom stereocenters. The number of ether oxygens (including phenoxy) is 3. The molecule has 0 aliphatic carbocycles. The van der Waals surface area contributed by atoms with E-state index in [1.165, 1.54) is 12.1 Å². The van der Waals surface area contributed by atoms with Crippen LogP contribution in [-0.4, -0.2) is 50.9 Å². The summed E-state index contributed by atoms with van der Waals surface area (Å²) in [7, 11) is 0. The lowest BCUT2D eigenvalue weighted by Crippen LogP contribution is -2.37. The van der Waals surface area contributed by atoms with Crippen molar-refractivity contribution in [1.29, 1.82) is 0 Å². The lowest BCUT2D eigenvalue weighted by Gasteiger charge is -2.26. The van der Waals surface area contributed by atoms with Gasteiger partial charge in [-0.25, -0.2) is 4.39 Å². The van der Waals surface area contributed by atoms with Gasteiger partial charge in [0.2, 0.25) is 0 Å². The molecule has 3 rings (SSSR count). The molecule has 1 aliphatic rings. The van der Waals surface area contributed by atoms with E-state index in [0.717, 1.165) is 62.4 Å². The minimum atomic E-state index is -0.369. The molecule has 170 valence electrons. The Hall–Kier alpha value is -1.38. The van der Waals surface area contributed by atoms with Crippen molar-refractivity contribution in [3.05, 3.63) is 56.8 Å². The molecule has 2 aromatic rings. The smallest absolute Gasteiger partial charge is 0.175 e. The van der Waals surface area contributed by atoms with Crippen molar-refractivity contribution < 1.29 is 18.6 Å². The van der Waals surface area contributed by atoms with E-state index in [2.05, 4.69) is 26.1 Å². The van der Waals surface area contributed by atoms with Crippen LogP contribution in [0.1, 0.15) is 24.5 Å². The first-order chi connectivity index (χ1) is 15.1. The standard InChI is InChI=1S/C23H29BrClFN2O3/c1-2-30-22-13-17(15-27-6-3-7-28-8-10-29-11-9-28)12-20(24)23(22)31-16-18-4-5-19(26)14-21(18)25/h4-5,12-14,27H,2-3,6-11,15-16H2,1H3. The van der Waals surface area contributed by atoms with Crippen LogP contribution in [0.3, 0.4) is 0 Å². The van der Waals surface area contributed by atoms with Crippen LogP contribution in [-0.2, 0) is 17.9 Å². The first-order valence-electron chi connectivity index (χ1n) is 10.6. The molecular weight excluding hydrogens is 487 g/mol. The van der Waals surface area contributed by atoms with Gasteiger partial charge in [-0.1, -0.05) is 17.7 Å². The van der Waals surface area contributed by atoms with Crippen LogP contribution in [0.4, 0.5) is 4.39 Å². The van der Waals surface area contributed by atoms with Crippen LogP contribution in [0, 0.1) is 5.82 Å². The Morgan fingerprint density at radius 1 is 1.19 bits per heavy atom. The zero-order chi connectivity index (χ0) is 22.1. The zero-order valence-electron chi connectivity index (χ0n) is 17.8. The van der Waals surface area contributed by atoms with Gasteiger partial charge in [0.15, 0.2) is 11.5 Å². The van der Waals surface area contributed by atoms with Crippen molar-refractivity contribution in [2.45, 2.75) is 26.5 Å². The average Bonchev–Trinajstić information content (AvgIpc) is 2.75. The van der Waals surface area contributed by atoms with Gasteiger partial charge in [0.25, 0.3) is 0 Å². The van der Waals surface area contributed by atoms with E-state index in [1.54, 1.807) is 6.07 Å². The molecule has 31 heavy (non-hydrogen) atoms. The summed E-state index contributed by atoms with van der Waals surface area (Å²) in [5.74, 6) is 0.908. The van der Waals surface area contributed by atoms with Gasteiger partial charge in [-0.15, -0.1) is 0 Å². The van der Waals surface area contributed by atoms with Gasteiger partial charge in [0.1, 0.15) is 12.4 Å². The third-order valence-electron chi connectivity index (χ3n) is 5.02. The predicted octanol–water partition coefficient (Wildman–Crippen LogP) is 5.03. The number of rotatable bonds is 11. The highest BCUT2D eigenvalue weighted by Gasteiger charge is 2.14. The van der Waals surface area contributed by atoms with Crippen LogP contribution in [0.25, 0.3) is 0 Å². The molecule has 0 radical (unpaired) electrons. The largest absolute Gasteiger partial charge is 0.490 e. The van der Waals surface area contributed by atoms with E-state index in [9.17, 15) is 4.39 Å². The normalized spacial score (nSPS) is 14.6. The topological polar surface area (TPSA) is 43.0 Å². The Kier molecular flexibility index (Phi) is 9.87. The Morgan fingerprint density at radius 3 is 2.74 bits per heavy atom. The number of halogens is 3. The second kappa shape index (κ2) is 12.6. The summed E-state index contributed by atoms with van der Waals surface area (Å²) < 4.78 is 31.2. The number of morpholine rings is 1. The highest BCUT2D eigenvalue weighted by Crippen LogP contribution is 2.38. The van der Waals surface area contributed by atoms with Crippen LogP contribution in [0.2, 0.25) is 5.02 Å². The van der Waals surface area contributed by atoms with Gasteiger partial charge < -0.3 is 19.5 Å². The van der Waals surface area contributed by atoms with Crippen molar-refractivity contribution in [2.24, 2.45) is 0 Å². The third-order valence-corrected chi connectivity index (χ3v) is 5.96. The molecule has 0 spiro atoms. The minimum absolute atomic E-state index is 0.219.